The fourth-order valence-corrected chi connectivity index (χ4v) is 6.03. The Balaban J connectivity index is 1.35. The molecule has 1 N–H and O–H groups in total. The number of urea groups is 1. The molecule has 0 spiro atoms. The molecule has 2 fully saturated rings. The Labute approximate surface area is 231 Å². The third-order valence-electron chi connectivity index (χ3n) is 7.78. The van der Waals surface area contributed by atoms with Gasteiger partial charge in [0.05, 0.1) is 29.7 Å². The van der Waals surface area contributed by atoms with E-state index in [4.69, 9.17) is 0 Å². The molecule has 2 aliphatic heterocycles. The van der Waals surface area contributed by atoms with Crippen molar-refractivity contribution in [2.24, 2.45) is 7.05 Å². The minimum Gasteiger partial charge on any atom is -0.480 e. The quantitative estimate of drug-likeness (QED) is 0.396. The van der Waals surface area contributed by atoms with E-state index < -0.39 is 24.1 Å². The van der Waals surface area contributed by atoms with Gasteiger partial charge in [-0.2, -0.15) is 5.10 Å². The Morgan fingerprint density at radius 1 is 0.875 bits per heavy atom. The van der Waals surface area contributed by atoms with Gasteiger partial charge >= 0.3 is 12.0 Å². The number of aliphatic carboxylic acids is 1. The summed E-state index contributed by atoms with van der Waals surface area (Å²) in [5, 5.41) is 14.7. The van der Waals surface area contributed by atoms with Gasteiger partial charge in [0.15, 0.2) is 6.04 Å². The monoisotopic (exact) mass is 535 g/mol. The molecule has 3 heterocycles. The van der Waals surface area contributed by atoms with Crippen molar-refractivity contribution >= 4 is 29.3 Å². The van der Waals surface area contributed by atoms with Crippen LogP contribution in [0.15, 0.2) is 97.3 Å². The largest absolute Gasteiger partial charge is 0.480 e. The maximum Gasteiger partial charge on any atom is 0.329 e. The molecule has 1 aromatic heterocycles. The number of benzene rings is 3. The fraction of sp³-hybridized carbons (Fsp3) is 0.226. The Bertz CT molecular complexity index is 1510. The lowest BCUT2D eigenvalue weighted by molar-refractivity contribution is -0.145. The summed E-state index contributed by atoms with van der Waals surface area (Å²) < 4.78 is 1.68. The molecule has 3 atom stereocenters. The van der Waals surface area contributed by atoms with Crippen molar-refractivity contribution in [2.75, 3.05) is 11.4 Å². The molecule has 0 aliphatic carbocycles. The number of likely N-dealkylation sites (tertiary alicyclic amines) is 1. The Hall–Kier alpha value is -4.92. The Morgan fingerprint density at radius 2 is 1.50 bits per heavy atom. The number of carboxylic acids is 1. The van der Waals surface area contributed by atoms with E-state index in [-0.39, 0.29) is 18.5 Å². The average molecular weight is 536 g/mol. The van der Waals surface area contributed by atoms with Gasteiger partial charge in [-0.15, -0.1) is 0 Å². The van der Waals surface area contributed by atoms with Gasteiger partial charge in [0, 0.05) is 30.9 Å². The molecule has 3 amide bonds. The van der Waals surface area contributed by atoms with Crippen LogP contribution in [0.5, 0.6) is 0 Å². The van der Waals surface area contributed by atoms with Gasteiger partial charge in [0.25, 0.3) is 5.91 Å². The van der Waals surface area contributed by atoms with Gasteiger partial charge in [0.1, 0.15) is 0 Å². The molecule has 9 heteroatoms. The minimum absolute atomic E-state index is 0.128. The number of aromatic nitrogens is 2. The van der Waals surface area contributed by atoms with Crippen LogP contribution in [-0.4, -0.2) is 67.3 Å². The normalized spacial score (nSPS) is 19.9. The lowest BCUT2D eigenvalue weighted by atomic mass is 9.98. The summed E-state index contributed by atoms with van der Waals surface area (Å²) in [4.78, 5) is 45.7. The second-order valence-corrected chi connectivity index (χ2v) is 10.2. The molecule has 2 aliphatic rings. The lowest BCUT2D eigenvalue weighted by Gasteiger charge is -2.46. The first-order valence-corrected chi connectivity index (χ1v) is 13.3. The van der Waals surface area contributed by atoms with Crippen LogP contribution in [-0.2, 0) is 11.8 Å². The maximum absolute atomic E-state index is 14.2. The van der Waals surface area contributed by atoms with Gasteiger partial charge in [-0.25, -0.2) is 9.59 Å². The standard InChI is InChI=1S/C31H29N5O4/c1-33-19-21(18-32-33)25-14-8-9-15-26(25)29(37)36-24-16-17-27(36)28(30(38)39)34(20-24)31(40)35(22-10-4-2-5-11-22)23-12-6-3-7-13-23/h2-15,18-19,24,27-28H,16-17,20H2,1H3,(H,38,39)/t24-,27+,28-/m0/s1. The summed E-state index contributed by atoms with van der Waals surface area (Å²) in [6.07, 6.45) is 4.68. The Morgan fingerprint density at radius 3 is 2.10 bits per heavy atom. The van der Waals surface area contributed by atoms with E-state index in [0.717, 1.165) is 11.1 Å². The molecule has 0 radical (unpaired) electrons. The number of piperazine rings is 1. The number of hydrogen-bond donors (Lipinski definition) is 1. The minimum atomic E-state index is -1.18. The number of fused-ring (bicyclic) bond motifs is 2. The summed E-state index contributed by atoms with van der Waals surface area (Å²) in [6, 6.07) is 23.1. The second-order valence-electron chi connectivity index (χ2n) is 10.2. The van der Waals surface area contributed by atoms with Gasteiger partial charge in [-0.3, -0.25) is 14.4 Å². The predicted octanol–water partition coefficient (Wildman–Crippen LogP) is 4.79. The van der Waals surface area contributed by atoms with Crippen LogP contribution in [0.4, 0.5) is 16.2 Å². The van der Waals surface area contributed by atoms with Crippen molar-refractivity contribution < 1.29 is 19.5 Å². The molecular formula is C31H29N5O4. The van der Waals surface area contributed by atoms with Crippen LogP contribution in [0.3, 0.4) is 0 Å². The number of nitrogens with zero attached hydrogens (tertiary/aromatic N) is 5. The van der Waals surface area contributed by atoms with Crippen molar-refractivity contribution in [2.45, 2.75) is 31.0 Å². The number of hydrogen-bond acceptors (Lipinski definition) is 4. The molecule has 202 valence electrons. The smallest absolute Gasteiger partial charge is 0.329 e. The van der Waals surface area contributed by atoms with Crippen LogP contribution in [0.25, 0.3) is 11.1 Å². The van der Waals surface area contributed by atoms with Crippen LogP contribution in [0, 0.1) is 0 Å². The molecule has 6 rings (SSSR count). The van der Waals surface area contributed by atoms with E-state index in [2.05, 4.69) is 5.10 Å². The van der Waals surface area contributed by atoms with E-state index in [1.807, 2.05) is 86.0 Å². The fourth-order valence-electron chi connectivity index (χ4n) is 6.03. The van der Waals surface area contributed by atoms with Crippen molar-refractivity contribution in [1.82, 2.24) is 19.6 Å². The first-order valence-electron chi connectivity index (χ1n) is 13.3. The Kier molecular flexibility index (Phi) is 6.55. The van der Waals surface area contributed by atoms with E-state index in [1.54, 1.807) is 32.8 Å². The molecule has 40 heavy (non-hydrogen) atoms. The van der Waals surface area contributed by atoms with E-state index >= 15 is 0 Å². The van der Waals surface area contributed by atoms with Crippen molar-refractivity contribution in [3.8, 4) is 11.1 Å². The second kappa shape index (κ2) is 10.3. The summed E-state index contributed by atoms with van der Waals surface area (Å²) in [5.74, 6) is -1.36. The molecule has 0 saturated carbocycles. The van der Waals surface area contributed by atoms with Crippen molar-refractivity contribution in [1.29, 1.82) is 0 Å². The SMILES string of the molecule is Cn1cc(-c2ccccc2C(=O)N2[C@H]3CC[C@@H]2[C@@H](C(=O)O)N(C(=O)N(c2ccccc2)c2ccccc2)C3)cn1. The zero-order valence-corrected chi connectivity index (χ0v) is 22.0. The highest BCUT2D eigenvalue weighted by atomic mass is 16.4. The number of carbonyl (C=O) groups excluding carboxylic acids is 2. The number of anilines is 2. The molecule has 2 saturated heterocycles. The number of carbonyl (C=O) groups is 3. The first-order chi connectivity index (χ1) is 19.4. The summed E-state index contributed by atoms with van der Waals surface area (Å²) in [7, 11) is 1.82. The highest BCUT2D eigenvalue weighted by Crippen LogP contribution is 2.39. The number of amides is 3. The lowest BCUT2D eigenvalue weighted by Crippen LogP contribution is -2.66. The van der Waals surface area contributed by atoms with Crippen LogP contribution in [0.1, 0.15) is 23.2 Å². The van der Waals surface area contributed by atoms with Crippen LogP contribution >= 0.6 is 0 Å². The van der Waals surface area contributed by atoms with Crippen LogP contribution in [0.2, 0.25) is 0 Å². The predicted molar refractivity (Wildman–Crippen MR) is 150 cm³/mol. The molecule has 9 nitrogen and oxygen atoms in total. The van der Waals surface area contributed by atoms with Crippen LogP contribution < -0.4 is 4.90 Å². The van der Waals surface area contributed by atoms with E-state index in [9.17, 15) is 19.5 Å². The van der Waals surface area contributed by atoms with E-state index in [0.29, 0.717) is 29.8 Å². The molecule has 0 unspecified atom stereocenters. The summed E-state index contributed by atoms with van der Waals surface area (Å²) in [6.45, 7) is 0.128. The van der Waals surface area contributed by atoms with Gasteiger partial charge in [0.2, 0.25) is 0 Å². The van der Waals surface area contributed by atoms with Gasteiger partial charge in [-0.1, -0.05) is 54.6 Å². The third-order valence-corrected chi connectivity index (χ3v) is 7.78. The van der Waals surface area contributed by atoms with Crippen molar-refractivity contribution in [3.63, 3.8) is 0 Å². The zero-order valence-electron chi connectivity index (χ0n) is 22.0. The number of carboxylic acid groups (broad SMARTS) is 1. The molecule has 3 aromatic carbocycles. The molecule has 4 aromatic rings. The maximum atomic E-state index is 14.2. The average Bonchev–Trinajstić information content (AvgIpc) is 3.54. The third kappa shape index (κ3) is 4.39. The van der Waals surface area contributed by atoms with E-state index in [1.165, 1.54) is 4.90 Å². The number of para-hydroxylation sites is 2. The highest BCUT2D eigenvalue weighted by molar-refractivity contribution is 6.04. The summed E-state index contributed by atoms with van der Waals surface area (Å²) >= 11 is 0. The molecule has 2 bridgehead atoms. The highest BCUT2D eigenvalue weighted by Gasteiger charge is 2.53. The number of rotatable bonds is 5. The zero-order chi connectivity index (χ0) is 27.8. The molecular weight excluding hydrogens is 506 g/mol. The topological polar surface area (TPSA) is 99.0 Å². The van der Waals surface area contributed by atoms with Gasteiger partial charge < -0.3 is 14.9 Å². The van der Waals surface area contributed by atoms with Crippen molar-refractivity contribution in [3.05, 3.63) is 103 Å². The number of aryl methyl sites for hydroxylation is 1. The first kappa shape index (κ1) is 25.4. The summed E-state index contributed by atoms with van der Waals surface area (Å²) in [5.41, 5.74) is 3.32. The van der Waals surface area contributed by atoms with Gasteiger partial charge in [-0.05, 0) is 48.7 Å².